The molecule has 0 saturated carbocycles. The van der Waals surface area contributed by atoms with E-state index in [9.17, 15) is 4.79 Å². The van der Waals surface area contributed by atoms with Crippen molar-refractivity contribution in [1.82, 2.24) is 5.32 Å². The van der Waals surface area contributed by atoms with Crippen molar-refractivity contribution >= 4 is 17.9 Å². The predicted octanol–water partition coefficient (Wildman–Crippen LogP) is 3.36. The van der Waals surface area contributed by atoms with E-state index in [2.05, 4.69) is 16.4 Å². The van der Waals surface area contributed by atoms with Crippen molar-refractivity contribution < 1.29 is 9.53 Å². The molecule has 0 bridgehead atoms. The molecule has 0 atom stereocenters. The van der Waals surface area contributed by atoms with Crippen LogP contribution in [0, 0.1) is 5.92 Å². The van der Waals surface area contributed by atoms with Crippen molar-refractivity contribution in [3.8, 4) is 0 Å². The fourth-order valence-corrected chi connectivity index (χ4v) is 1.93. The second-order valence-corrected chi connectivity index (χ2v) is 5.30. The van der Waals surface area contributed by atoms with Crippen LogP contribution in [0.5, 0.6) is 0 Å². The van der Waals surface area contributed by atoms with Crippen LogP contribution in [0.25, 0.3) is 6.08 Å². The van der Waals surface area contributed by atoms with Gasteiger partial charge in [0.15, 0.2) is 0 Å². The van der Waals surface area contributed by atoms with Crippen LogP contribution in [-0.4, -0.2) is 18.4 Å². The summed E-state index contributed by atoms with van der Waals surface area (Å²) in [6, 6.07) is 6.08. The summed E-state index contributed by atoms with van der Waals surface area (Å²) in [5, 5.41) is 3.16. The molecule has 1 heterocycles. The van der Waals surface area contributed by atoms with Gasteiger partial charge < -0.3 is 10.1 Å². The Kier molecular flexibility index (Phi) is 4.56. The first-order valence-electron chi connectivity index (χ1n) is 6.81. The largest absolute Gasteiger partial charge is 0.448 e. The third kappa shape index (κ3) is 3.70. The maximum Gasteiger partial charge on any atom is 0.433 e. The molecule has 0 radical (unpaired) electrons. The molecule has 1 amide bonds. The van der Waals surface area contributed by atoms with Gasteiger partial charge in [0.25, 0.3) is 0 Å². The highest BCUT2D eigenvalue weighted by atomic mass is 16.5. The number of nitrogens with zero attached hydrogens (tertiary/aromatic N) is 1. The highest BCUT2D eigenvalue weighted by Crippen LogP contribution is 2.17. The van der Waals surface area contributed by atoms with Crippen molar-refractivity contribution in [3.63, 3.8) is 0 Å². The zero-order valence-corrected chi connectivity index (χ0v) is 12.1. The Hall–Kier alpha value is -2.10. The number of hydrogen-bond donors (Lipinski definition) is 1. The molecule has 1 N–H and O–H groups in total. The van der Waals surface area contributed by atoms with E-state index < -0.39 is 6.09 Å². The first-order chi connectivity index (χ1) is 9.56. The van der Waals surface area contributed by atoms with Crippen LogP contribution < -0.4 is 5.32 Å². The maximum absolute atomic E-state index is 11.6. The molecule has 1 aliphatic rings. The summed E-state index contributed by atoms with van der Waals surface area (Å²) in [5.41, 5.74) is 4.02. The van der Waals surface area contributed by atoms with Crippen LogP contribution in [0.4, 0.5) is 4.79 Å². The molecule has 0 saturated heterocycles. The third-order valence-corrected chi connectivity index (χ3v) is 3.04. The monoisotopic (exact) mass is 272 g/mol. The van der Waals surface area contributed by atoms with Crippen LogP contribution in [0.3, 0.4) is 0 Å². The number of aliphatic imine (C=N–C) groups is 1. The smallest absolute Gasteiger partial charge is 0.433 e. The van der Waals surface area contributed by atoms with Gasteiger partial charge >= 0.3 is 6.09 Å². The molecule has 1 aliphatic heterocycles. The zero-order chi connectivity index (χ0) is 14.5. The summed E-state index contributed by atoms with van der Waals surface area (Å²) in [5.74, 6) is 0.316. The fraction of sp³-hybridized carbons (Fsp3) is 0.375. The van der Waals surface area contributed by atoms with Gasteiger partial charge in [-0.3, -0.25) is 0 Å². The summed E-state index contributed by atoms with van der Waals surface area (Å²) in [6.07, 6.45) is 3.42. The average molecular weight is 272 g/mol. The second kappa shape index (κ2) is 6.37. The normalized spacial score (nSPS) is 13.9. The third-order valence-electron chi connectivity index (χ3n) is 3.04. The van der Waals surface area contributed by atoms with Crippen LogP contribution >= 0.6 is 0 Å². The molecule has 106 valence electrons. The van der Waals surface area contributed by atoms with Gasteiger partial charge in [-0.15, -0.1) is 0 Å². The lowest BCUT2D eigenvalue weighted by atomic mass is 10.00. The number of amides is 1. The van der Waals surface area contributed by atoms with E-state index in [1.165, 1.54) is 5.56 Å². The van der Waals surface area contributed by atoms with E-state index in [0.29, 0.717) is 18.2 Å². The summed E-state index contributed by atoms with van der Waals surface area (Å²) < 4.78 is 5.06. The molecule has 4 heteroatoms. The number of nitrogens with one attached hydrogen (secondary N) is 1. The lowest BCUT2D eigenvalue weighted by Crippen LogP contribution is -2.11. The predicted molar refractivity (Wildman–Crippen MR) is 80.7 cm³/mol. The van der Waals surface area contributed by atoms with E-state index in [4.69, 9.17) is 4.74 Å². The van der Waals surface area contributed by atoms with Gasteiger partial charge in [-0.2, -0.15) is 4.99 Å². The minimum absolute atomic E-state index is 0.316. The molecule has 1 aromatic rings. The topological polar surface area (TPSA) is 50.7 Å². The lowest BCUT2D eigenvalue weighted by Gasteiger charge is -2.13. The van der Waals surface area contributed by atoms with Crippen molar-refractivity contribution in [3.05, 3.63) is 41.1 Å². The van der Waals surface area contributed by atoms with E-state index in [1.54, 1.807) is 0 Å². The van der Waals surface area contributed by atoms with Crippen LogP contribution in [0.2, 0.25) is 0 Å². The number of ether oxygens (including phenoxy) is 1. The number of carbonyl (C=O) groups excluding carboxylic acids is 1. The summed E-state index contributed by atoms with van der Waals surface area (Å²) in [4.78, 5) is 15.6. The lowest BCUT2D eigenvalue weighted by molar-refractivity contribution is 0.143. The highest BCUT2D eigenvalue weighted by Gasteiger charge is 2.08. The SMILES string of the molecule is C/C(=N/C(=O)OCC(C)C)c1ccc2c(c1)C=CNC2. The van der Waals surface area contributed by atoms with E-state index in [-0.39, 0.29) is 0 Å². The summed E-state index contributed by atoms with van der Waals surface area (Å²) in [6.45, 7) is 7.04. The standard InChI is InChI=1S/C16H20N2O2/c1-11(2)10-20-16(19)18-12(3)13-4-5-15-9-17-7-6-14(15)8-13/h4-8,11,17H,9-10H2,1-3H3/b18-12-. The number of hydrogen-bond acceptors (Lipinski definition) is 3. The van der Waals surface area contributed by atoms with E-state index in [1.807, 2.05) is 45.2 Å². The van der Waals surface area contributed by atoms with Gasteiger partial charge in [0.05, 0.1) is 12.3 Å². The molecule has 0 spiro atoms. The Bertz CT molecular complexity index is 560. The molecule has 0 aromatic heterocycles. The Labute approximate surface area is 119 Å². The zero-order valence-electron chi connectivity index (χ0n) is 12.1. The van der Waals surface area contributed by atoms with E-state index in [0.717, 1.165) is 17.7 Å². The fourth-order valence-electron chi connectivity index (χ4n) is 1.93. The summed E-state index contributed by atoms with van der Waals surface area (Å²) in [7, 11) is 0. The van der Waals surface area contributed by atoms with Gasteiger partial charge in [0.1, 0.15) is 0 Å². The quantitative estimate of drug-likeness (QED) is 0.858. The first-order valence-corrected chi connectivity index (χ1v) is 6.81. The van der Waals surface area contributed by atoms with Crippen molar-refractivity contribution in [2.24, 2.45) is 10.9 Å². The minimum Gasteiger partial charge on any atom is -0.448 e. The van der Waals surface area contributed by atoms with Gasteiger partial charge in [0, 0.05) is 6.54 Å². The number of fused-ring (bicyclic) bond motifs is 1. The molecule has 0 aliphatic carbocycles. The second-order valence-electron chi connectivity index (χ2n) is 5.30. The molecular weight excluding hydrogens is 252 g/mol. The van der Waals surface area contributed by atoms with E-state index >= 15 is 0 Å². The van der Waals surface area contributed by atoms with Crippen LogP contribution in [0.15, 0.2) is 29.4 Å². The summed E-state index contributed by atoms with van der Waals surface area (Å²) >= 11 is 0. The Morgan fingerprint density at radius 2 is 2.25 bits per heavy atom. The highest BCUT2D eigenvalue weighted by molar-refractivity contribution is 6.04. The molecule has 0 fully saturated rings. The molecule has 2 rings (SSSR count). The van der Waals surface area contributed by atoms with Gasteiger partial charge in [-0.25, -0.2) is 4.79 Å². The molecule has 0 unspecified atom stereocenters. The van der Waals surface area contributed by atoms with Gasteiger partial charge in [-0.05, 0) is 47.9 Å². The average Bonchev–Trinajstić information content (AvgIpc) is 2.44. The maximum atomic E-state index is 11.6. The number of rotatable bonds is 3. The first kappa shape index (κ1) is 14.3. The molecular formula is C16H20N2O2. The van der Waals surface area contributed by atoms with Crippen molar-refractivity contribution in [2.75, 3.05) is 6.61 Å². The van der Waals surface area contributed by atoms with Crippen molar-refractivity contribution in [2.45, 2.75) is 27.3 Å². The number of benzene rings is 1. The Balaban J connectivity index is 2.11. The minimum atomic E-state index is -0.522. The number of carbonyl (C=O) groups is 1. The Morgan fingerprint density at radius 3 is 3.00 bits per heavy atom. The van der Waals surface area contributed by atoms with Gasteiger partial charge in [-0.1, -0.05) is 26.0 Å². The van der Waals surface area contributed by atoms with Crippen LogP contribution in [0.1, 0.15) is 37.5 Å². The van der Waals surface area contributed by atoms with Gasteiger partial charge in [0.2, 0.25) is 0 Å². The van der Waals surface area contributed by atoms with Crippen molar-refractivity contribution in [1.29, 1.82) is 0 Å². The molecule has 20 heavy (non-hydrogen) atoms. The molecule has 4 nitrogen and oxygen atoms in total. The Morgan fingerprint density at radius 1 is 1.45 bits per heavy atom. The molecule has 1 aromatic carbocycles. The van der Waals surface area contributed by atoms with Crippen LogP contribution in [-0.2, 0) is 11.3 Å².